The van der Waals surface area contributed by atoms with Crippen molar-refractivity contribution in [3.8, 4) is 5.75 Å². The van der Waals surface area contributed by atoms with Gasteiger partial charge in [0.25, 0.3) is 0 Å². The molecule has 0 aliphatic carbocycles. The van der Waals surface area contributed by atoms with E-state index in [1.165, 1.54) is 12.1 Å². The van der Waals surface area contributed by atoms with Crippen LogP contribution in [0.1, 0.15) is 11.1 Å². The summed E-state index contributed by atoms with van der Waals surface area (Å²) in [5.74, 6) is 0.569. The number of amides is 1. The molecule has 134 valence electrons. The number of rotatable bonds is 9. The third-order valence-electron chi connectivity index (χ3n) is 3.79. The lowest BCUT2D eigenvalue weighted by atomic mass is 10.1. The molecule has 0 atom stereocenters. The molecule has 0 spiro atoms. The lowest BCUT2D eigenvalue weighted by Gasteiger charge is -2.16. The minimum Gasteiger partial charge on any atom is -0.492 e. The first-order chi connectivity index (χ1) is 12.0. The summed E-state index contributed by atoms with van der Waals surface area (Å²) in [7, 11) is 1.89. The van der Waals surface area contributed by atoms with Gasteiger partial charge in [0.1, 0.15) is 18.2 Å². The molecule has 1 amide bonds. The van der Waals surface area contributed by atoms with Gasteiger partial charge in [-0.15, -0.1) is 0 Å². The Bertz CT molecular complexity index is 674. The molecule has 25 heavy (non-hydrogen) atoms. The molecule has 0 saturated carbocycles. The minimum atomic E-state index is -0.248. The molecule has 1 N–H and O–H groups in total. The standard InChI is InChI=1S/C20H25FN2O2/c1-16-4-3-5-19(14-16)25-13-12-23(2)15-20(24)22-11-10-17-6-8-18(21)9-7-17/h3-9,14H,10-13,15H2,1-2H3,(H,22,24). The van der Waals surface area contributed by atoms with Crippen molar-refractivity contribution in [2.24, 2.45) is 0 Å². The first kappa shape index (κ1) is 18.9. The van der Waals surface area contributed by atoms with Crippen LogP contribution in [0.4, 0.5) is 4.39 Å². The predicted octanol–water partition coefficient (Wildman–Crippen LogP) is 2.80. The molecule has 4 nitrogen and oxygen atoms in total. The molecule has 0 radical (unpaired) electrons. The lowest BCUT2D eigenvalue weighted by molar-refractivity contribution is -0.121. The van der Waals surface area contributed by atoms with Crippen LogP contribution in [0.3, 0.4) is 0 Å². The summed E-state index contributed by atoms with van der Waals surface area (Å²) in [5.41, 5.74) is 2.16. The van der Waals surface area contributed by atoms with Gasteiger partial charge in [-0.2, -0.15) is 0 Å². The number of carbonyl (C=O) groups is 1. The molecule has 0 fully saturated rings. The Balaban J connectivity index is 1.60. The summed E-state index contributed by atoms with van der Waals surface area (Å²) in [5, 5.41) is 2.88. The van der Waals surface area contributed by atoms with E-state index in [4.69, 9.17) is 4.74 Å². The Morgan fingerprint density at radius 1 is 1.20 bits per heavy atom. The summed E-state index contributed by atoms with van der Waals surface area (Å²) in [4.78, 5) is 13.8. The van der Waals surface area contributed by atoms with Crippen LogP contribution in [0.5, 0.6) is 5.75 Å². The van der Waals surface area contributed by atoms with E-state index in [-0.39, 0.29) is 11.7 Å². The van der Waals surface area contributed by atoms with Crippen molar-refractivity contribution in [1.82, 2.24) is 10.2 Å². The topological polar surface area (TPSA) is 41.6 Å². The monoisotopic (exact) mass is 344 g/mol. The Hall–Kier alpha value is -2.40. The highest BCUT2D eigenvalue weighted by molar-refractivity contribution is 5.77. The zero-order valence-corrected chi connectivity index (χ0v) is 14.8. The van der Waals surface area contributed by atoms with Gasteiger partial charge in [0.05, 0.1) is 6.54 Å². The van der Waals surface area contributed by atoms with Crippen LogP contribution in [0.25, 0.3) is 0 Å². The van der Waals surface area contributed by atoms with Crippen LogP contribution in [-0.2, 0) is 11.2 Å². The van der Waals surface area contributed by atoms with Gasteiger partial charge in [0, 0.05) is 13.1 Å². The summed E-state index contributed by atoms with van der Waals surface area (Å²) in [6.45, 7) is 4.08. The number of hydrogen-bond acceptors (Lipinski definition) is 3. The summed E-state index contributed by atoms with van der Waals surface area (Å²) in [6, 6.07) is 14.2. The predicted molar refractivity (Wildman–Crippen MR) is 97.3 cm³/mol. The van der Waals surface area contributed by atoms with Gasteiger partial charge in [-0.1, -0.05) is 24.3 Å². The van der Waals surface area contributed by atoms with Gasteiger partial charge in [-0.3, -0.25) is 9.69 Å². The van der Waals surface area contributed by atoms with E-state index < -0.39 is 0 Å². The first-order valence-corrected chi connectivity index (χ1v) is 8.42. The molecule has 2 rings (SSSR count). The maximum atomic E-state index is 12.8. The molecule has 0 unspecified atom stereocenters. The van der Waals surface area contributed by atoms with Crippen molar-refractivity contribution < 1.29 is 13.9 Å². The molecule has 0 bridgehead atoms. The number of nitrogens with one attached hydrogen (secondary N) is 1. The fourth-order valence-electron chi connectivity index (χ4n) is 2.40. The molecule has 2 aromatic carbocycles. The van der Waals surface area contributed by atoms with E-state index >= 15 is 0 Å². The first-order valence-electron chi connectivity index (χ1n) is 8.42. The average Bonchev–Trinajstić information content (AvgIpc) is 2.57. The van der Waals surface area contributed by atoms with Crippen molar-refractivity contribution in [3.05, 3.63) is 65.5 Å². The summed E-state index contributed by atoms with van der Waals surface area (Å²) >= 11 is 0. The molecule has 0 aromatic heterocycles. The van der Waals surface area contributed by atoms with Crippen molar-refractivity contribution in [3.63, 3.8) is 0 Å². The Morgan fingerprint density at radius 3 is 2.68 bits per heavy atom. The highest BCUT2D eigenvalue weighted by Crippen LogP contribution is 2.11. The minimum absolute atomic E-state index is 0.0276. The van der Waals surface area contributed by atoms with Crippen LogP contribution in [0, 0.1) is 12.7 Å². The van der Waals surface area contributed by atoms with E-state index in [2.05, 4.69) is 5.32 Å². The number of aryl methyl sites for hydroxylation is 1. The van der Waals surface area contributed by atoms with Gasteiger partial charge < -0.3 is 10.1 Å². The van der Waals surface area contributed by atoms with Crippen molar-refractivity contribution in [1.29, 1.82) is 0 Å². The molecule has 0 saturated heterocycles. The number of halogens is 1. The average molecular weight is 344 g/mol. The van der Waals surface area contributed by atoms with E-state index in [0.29, 0.717) is 32.7 Å². The number of benzene rings is 2. The van der Waals surface area contributed by atoms with Gasteiger partial charge in [0.2, 0.25) is 5.91 Å². The van der Waals surface area contributed by atoms with E-state index in [1.54, 1.807) is 12.1 Å². The molecule has 2 aromatic rings. The number of hydrogen-bond donors (Lipinski definition) is 1. The number of likely N-dealkylation sites (N-methyl/N-ethyl adjacent to an activating group) is 1. The molecular formula is C20H25FN2O2. The Labute approximate surface area is 148 Å². The van der Waals surface area contributed by atoms with Crippen molar-refractivity contribution in [2.75, 3.05) is 33.3 Å². The highest BCUT2D eigenvalue weighted by Gasteiger charge is 2.06. The van der Waals surface area contributed by atoms with E-state index in [0.717, 1.165) is 16.9 Å². The van der Waals surface area contributed by atoms with Crippen LogP contribution in [-0.4, -0.2) is 44.1 Å². The fourth-order valence-corrected chi connectivity index (χ4v) is 2.40. The number of nitrogens with zero attached hydrogens (tertiary/aromatic N) is 1. The normalized spacial score (nSPS) is 10.7. The molecule has 0 aliphatic heterocycles. The Morgan fingerprint density at radius 2 is 1.96 bits per heavy atom. The van der Waals surface area contributed by atoms with Crippen molar-refractivity contribution >= 4 is 5.91 Å². The van der Waals surface area contributed by atoms with Crippen LogP contribution >= 0.6 is 0 Å². The fraction of sp³-hybridized carbons (Fsp3) is 0.350. The van der Waals surface area contributed by atoms with Crippen LogP contribution in [0.2, 0.25) is 0 Å². The van der Waals surface area contributed by atoms with Gasteiger partial charge in [0.15, 0.2) is 0 Å². The van der Waals surface area contributed by atoms with Crippen LogP contribution in [0.15, 0.2) is 48.5 Å². The SMILES string of the molecule is Cc1cccc(OCCN(C)CC(=O)NCCc2ccc(F)cc2)c1. The molecule has 0 heterocycles. The van der Waals surface area contributed by atoms with E-state index in [1.807, 2.05) is 43.1 Å². The molecule has 5 heteroatoms. The Kier molecular flexibility index (Phi) is 7.41. The maximum Gasteiger partial charge on any atom is 0.234 e. The van der Waals surface area contributed by atoms with Gasteiger partial charge in [-0.25, -0.2) is 4.39 Å². The highest BCUT2D eigenvalue weighted by atomic mass is 19.1. The largest absolute Gasteiger partial charge is 0.492 e. The quantitative estimate of drug-likeness (QED) is 0.761. The van der Waals surface area contributed by atoms with Gasteiger partial charge >= 0.3 is 0 Å². The number of carbonyl (C=O) groups excluding carboxylic acids is 1. The molecular weight excluding hydrogens is 319 g/mol. The second-order valence-electron chi connectivity index (χ2n) is 6.13. The smallest absolute Gasteiger partial charge is 0.234 e. The maximum absolute atomic E-state index is 12.8. The lowest BCUT2D eigenvalue weighted by Crippen LogP contribution is -2.37. The zero-order chi connectivity index (χ0) is 18.1. The second kappa shape index (κ2) is 9.79. The number of ether oxygens (including phenoxy) is 1. The third kappa shape index (κ3) is 7.35. The van der Waals surface area contributed by atoms with Crippen molar-refractivity contribution in [2.45, 2.75) is 13.3 Å². The second-order valence-corrected chi connectivity index (χ2v) is 6.13. The third-order valence-corrected chi connectivity index (χ3v) is 3.79. The van der Waals surface area contributed by atoms with Gasteiger partial charge in [-0.05, 0) is 55.8 Å². The zero-order valence-electron chi connectivity index (χ0n) is 14.8. The summed E-state index contributed by atoms with van der Waals surface area (Å²) in [6.07, 6.45) is 0.687. The summed E-state index contributed by atoms with van der Waals surface area (Å²) < 4.78 is 18.5. The van der Waals surface area contributed by atoms with Crippen LogP contribution < -0.4 is 10.1 Å². The molecule has 0 aliphatic rings. The van der Waals surface area contributed by atoms with E-state index in [9.17, 15) is 9.18 Å².